The smallest absolute Gasteiger partial charge is 0.0634 e. The molecule has 0 radical (unpaired) electrons. The van der Waals surface area contributed by atoms with Gasteiger partial charge in [0.2, 0.25) is 0 Å². The van der Waals surface area contributed by atoms with Crippen molar-refractivity contribution in [3.63, 3.8) is 0 Å². The molecule has 0 saturated heterocycles. The number of nitrogens with zero attached hydrogens (tertiary/aromatic N) is 2. The van der Waals surface area contributed by atoms with E-state index in [1.54, 1.807) is 0 Å². The third-order valence-electron chi connectivity index (χ3n) is 14.3. The molecule has 2 heteroatoms. The molecule has 0 aliphatic carbocycles. The summed E-state index contributed by atoms with van der Waals surface area (Å²) in [7, 11) is 0. The fourth-order valence-electron chi connectivity index (χ4n) is 9.63. The lowest BCUT2D eigenvalue weighted by Gasteiger charge is -2.04. The second kappa shape index (κ2) is 49.2. The van der Waals surface area contributed by atoms with Gasteiger partial charge >= 0.3 is 0 Å². The molecule has 0 fully saturated rings. The summed E-state index contributed by atoms with van der Waals surface area (Å²) >= 11 is 0. The average Bonchev–Trinajstić information content (AvgIpc) is 3.36. The molecule has 2 nitrogen and oxygen atoms in total. The standard InChI is InChI=1S/C66H112N2/c1-4-7-10-12-14-16-18-20-22-24-26-28-30-32-34-36-38-40-42-44-46-48-50-62-53-57-64(58-54-62)67-61-66(52-9-6-3)68-65-59-55-63(56-60-65)51-49-47-45-43-41-39-37-35-33-31-29-27-25-23-21-19-17-15-13-11-8-5-2/h48-51,53-61H,4-47,52H2,1-3H3. The highest BCUT2D eigenvalue weighted by molar-refractivity contribution is 6.31. The van der Waals surface area contributed by atoms with Crippen molar-refractivity contribution in [2.75, 3.05) is 0 Å². The molecule has 0 aromatic heterocycles. The Bertz CT molecular complexity index is 1440. The van der Waals surface area contributed by atoms with Gasteiger partial charge in [0, 0.05) is 6.21 Å². The van der Waals surface area contributed by atoms with Gasteiger partial charge in [-0.3, -0.25) is 9.98 Å². The summed E-state index contributed by atoms with van der Waals surface area (Å²) in [5, 5.41) is 0. The Labute approximate surface area is 425 Å². The molecule has 0 bridgehead atoms. The van der Waals surface area contributed by atoms with Crippen LogP contribution in [0.4, 0.5) is 11.4 Å². The van der Waals surface area contributed by atoms with Gasteiger partial charge in [-0.1, -0.05) is 320 Å². The maximum Gasteiger partial charge on any atom is 0.0634 e. The molecule has 68 heavy (non-hydrogen) atoms. The molecule has 0 atom stereocenters. The minimum Gasteiger partial charge on any atom is -0.255 e. The molecule has 0 amide bonds. The Morgan fingerprint density at radius 2 is 0.574 bits per heavy atom. The Morgan fingerprint density at radius 1 is 0.309 bits per heavy atom. The van der Waals surface area contributed by atoms with Crippen molar-refractivity contribution in [3.05, 3.63) is 71.8 Å². The van der Waals surface area contributed by atoms with Crippen molar-refractivity contribution < 1.29 is 0 Å². The zero-order chi connectivity index (χ0) is 48.3. The van der Waals surface area contributed by atoms with E-state index in [0.29, 0.717) is 0 Å². The minimum absolute atomic E-state index is 0.946. The Kier molecular flexibility index (Phi) is 44.5. The predicted molar refractivity (Wildman–Crippen MR) is 311 cm³/mol. The van der Waals surface area contributed by atoms with Gasteiger partial charge in [0.15, 0.2) is 0 Å². The summed E-state index contributed by atoms with van der Waals surface area (Å²) in [6.45, 7) is 6.85. The van der Waals surface area contributed by atoms with Crippen molar-refractivity contribution >= 4 is 35.5 Å². The van der Waals surface area contributed by atoms with Crippen molar-refractivity contribution in [2.24, 2.45) is 9.98 Å². The van der Waals surface area contributed by atoms with E-state index in [-0.39, 0.29) is 0 Å². The van der Waals surface area contributed by atoms with Crippen LogP contribution in [-0.2, 0) is 0 Å². The number of rotatable bonds is 50. The van der Waals surface area contributed by atoms with Crippen LogP contribution >= 0.6 is 0 Å². The summed E-state index contributed by atoms with van der Waals surface area (Å²) in [6, 6.07) is 17.4. The Morgan fingerprint density at radius 3 is 0.868 bits per heavy atom. The van der Waals surface area contributed by atoms with E-state index in [0.717, 1.165) is 36.3 Å². The quantitative estimate of drug-likeness (QED) is 0.0467. The number of hydrogen-bond donors (Lipinski definition) is 0. The van der Waals surface area contributed by atoms with E-state index in [9.17, 15) is 0 Å². The van der Waals surface area contributed by atoms with Gasteiger partial charge in [-0.2, -0.15) is 0 Å². The molecule has 2 rings (SSSR count). The highest BCUT2D eigenvalue weighted by Crippen LogP contribution is 2.20. The molecular weight excluding hydrogens is 821 g/mol. The van der Waals surface area contributed by atoms with Crippen LogP contribution in [0.25, 0.3) is 12.2 Å². The Hall–Kier alpha value is -2.74. The third-order valence-corrected chi connectivity index (χ3v) is 14.3. The molecule has 0 aliphatic heterocycles. The summed E-state index contributed by atoms with van der Waals surface area (Å²) in [4.78, 5) is 9.85. The van der Waals surface area contributed by atoms with Crippen molar-refractivity contribution in [2.45, 2.75) is 310 Å². The van der Waals surface area contributed by atoms with Gasteiger partial charge in [-0.05, 0) is 73.9 Å². The van der Waals surface area contributed by atoms with Crippen LogP contribution in [0, 0.1) is 0 Å². The number of unbranched alkanes of at least 4 members (excludes halogenated alkanes) is 41. The summed E-state index contributed by atoms with van der Waals surface area (Å²) < 4.78 is 0. The van der Waals surface area contributed by atoms with Crippen LogP contribution < -0.4 is 0 Å². The SMILES string of the molecule is CCCCCCCCCCCCCCCCCCCCCCC=Cc1ccc(N=CC(CCCC)=Nc2ccc(C=CCCCCCCCCCCCCCCCCCCCCCC)cc2)cc1. The van der Waals surface area contributed by atoms with Crippen LogP contribution in [0.15, 0.2) is 70.7 Å². The summed E-state index contributed by atoms with van der Waals surface area (Å²) in [6.07, 6.45) is 74.2. The van der Waals surface area contributed by atoms with Gasteiger partial charge in [0.25, 0.3) is 0 Å². The highest BCUT2D eigenvalue weighted by Gasteiger charge is 2.01. The zero-order valence-corrected chi connectivity index (χ0v) is 45.7. The molecular formula is C66H112N2. The molecule has 0 spiro atoms. The maximum atomic E-state index is 5.01. The first-order valence-corrected chi connectivity index (χ1v) is 30.4. The second-order valence-corrected chi connectivity index (χ2v) is 21.0. The van der Waals surface area contributed by atoms with Crippen LogP contribution in [-0.4, -0.2) is 11.9 Å². The zero-order valence-electron chi connectivity index (χ0n) is 45.7. The second-order valence-electron chi connectivity index (χ2n) is 21.0. The van der Waals surface area contributed by atoms with E-state index in [1.165, 1.54) is 281 Å². The first-order chi connectivity index (χ1) is 33.7. The van der Waals surface area contributed by atoms with Crippen LogP contribution in [0.5, 0.6) is 0 Å². The number of hydrogen-bond acceptors (Lipinski definition) is 2. The molecule has 0 saturated carbocycles. The topological polar surface area (TPSA) is 24.7 Å². The van der Waals surface area contributed by atoms with Gasteiger partial charge in [-0.25, -0.2) is 0 Å². The van der Waals surface area contributed by atoms with Crippen molar-refractivity contribution in [1.29, 1.82) is 0 Å². The van der Waals surface area contributed by atoms with E-state index in [2.05, 4.69) is 93.6 Å². The molecule has 0 N–H and O–H groups in total. The molecule has 0 aliphatic rings. The van der Waals surface area contributed by atoms with Crippen molar-refractivity contribution in [3.8, 4) is 0 Å². The normalized spacial score (nSPS) is 12.2. The lowest BCUT2D eigenvalue weighted by Crippen LogP contribution is -1.99. The van der Waals surface area contributed by atoms with E-state index >= 15 is 0 Å². The predicted octanol–water partition coefficient (Wildman–Crippen LogP) is 23.8. The van der Waals surface area contributed by atoms with E-state index in [1.807, 2.05) is 6.21 Å². The first kappa shape index (κ1) is 61.4. The van der Waals surface area contributed by atoms with Crippen LogP contribution in [0.3, 0.4) is 0 Å². The van der Waals surface area contributed by atoms with Crippen molar-refractivity contribution in [1.82, 2.24) is 0 Å². The minimum atomic E-state index is 0.946. The van der Waals surface area contributed by atoms with Gasteiger partial charge in [-0.15, -0.1) is 0 Å². The summed E-state index contributed by atoms with van der Waals surface area (Å²) in [5.74, 6) is 0. The number of aliphatic imine (C=N–C) groups is 2. The van der Waals surface area contributed by atoms with E-state index in [4.69, 9.17) is 9.98 Å². The van der Waals surface area contributed by atoms with Gasteiger partial charge in [0.1, 0.15) is 0 Å². The lowest BCUT2D eigenvalue weighted by atomic mass is 10.0. The maximum absolute atomic E-state index is 5.01. The molecule has 386 valence electrons. The molecule has 2 aromatic carbocycles. The van der Waals surface area contributed by atoms with Crippen LogP contribution in [0.1, 0.15) is 321 Å². The highest BCUT2D eigenvalue weighted by atomic mass is 14.8. The fourth-order valence-corrected chi connectivity index (χ4v) is 9.63. The number of benzene rings is 2. The van der Waals surface area contributed by atoms with Gasteiger partial charge in [0.05, 0.1) is 17.1 Å². The largest absolute Gasteiger partial charge is 0.255 e. The fraction of sp³-hybridized carbons (Fsp3) is 0.727. The Balaban J connectivity index is 1.48. The number of allylic oxidation sites excluding steroid dienone is 2. The van der Waals surface area contributed by atoms with E-state index < -0.39 is 0 Å². The average molecular weight is 934 g/mol. The van der Waals surface area contributed by atoms with Gasteiger partial charge < -0.3 is 0 Å². The molecule has 0 unspecified atom stereocenters. The summed E-state index contributed by atoms with van der Waals surface area (Å²) in [5.41, 5.74) is 5.56. The third kappa shape index (κ3) is 40.0. The molecule has 0 heterocycles. The molecule has 2 aromatic rings. The first-order valence-electron chi connectivity index (χ1n) is 30.4. The lowest BCUT2D eigenvalue weighted by molar-refractivity contribution is 0.522. The van der Waals surface area contributed by atoms with Crippen LogP contribution in [0.2, 0.25) is 0 Å². The monoisotopic (exact) mass is 933 g/mol.